The SMILES string of the molecule is CC(C)c1csc(C2(c3nc4c(c(=O)[nH]3)CN(C(=O)Cc3cccc(-c5cccc(Cl)c5)c3)CCC4)CC2)c1. The van der Waals surface area contributed by atoms with Gasteiger partial charge in [0, 0.05) is 16.4 Å². The minimum absolute atomic E-state index is 0.0213. The number of aryl methyl sites for hydroxylation is 1. The van der Waals surface area contributed by atoms with Gasteiger partial charge in [0.15, 0.2) is 0 Å². The molecule has 2 aliphatic rings. The van der Waals surface area contributed by atoms with Gasteiger partial charge in [-0.05, 0) is 77.4 Å². The molecule has 0 spiro atoms. The molecule has 0 atom stereocenters. The molecule has 1 aliphatic heterocycles. The van der Waals surface area contributed by atoms with Crippen molar-refractivity contribution in [3.63, 3.8) is 0 Å². The average Bonchev–Trinajstić information content (AvgIpc) is 3.63. The first-order valence-corrected chi connectivity index (χ1v) is 14.9. The number of nitrogens with one attached hydrogen (secondary N) is 1. The lowest BCUT2D eigenvalue weighted by atomic mass is 9.99. The number of benzene rings is 2. The number of hydrogen-bond donors (Lipinski definition) is 1. The van der Waals surface area contributed by atoms with Crippen molar-refractivity contribution in [2.75, 3.05) is 6.54 Å². The molecule has 1 fully saturated rings. The molecule has 0 saturated heterocycles. The van der Waals surface area contributed by atoms with Crippen LogP contribution >= 0.6 is 22.9 Å². The fraction of sp³-hybridized carbons (Fsp3) is 0.344. The zero-order valence-electron chi connectivity index (χ0n) is 22.3. The summed E-state index contributed by atoms with van der Waals surface area (Å²) in [5.41, 5.74) is 5.53. The summed E-state index contributed by atoms with van der Waals surface area (Å²) in [6.07, 6.45) is 3.79. The predicted octanol–water partition coefficient (Wildman–Crippen LogP) is 6.87. The minimum atomic E-state index is -0.165. The molecular weight excluding hydrogens is 526 g/mol. The lowest BCUT2D eigenvalue weighted by Gasteiger charge is -2.21. The zero-order valence-corrected chi connectivity index (χ0v) is 23.9. The first-order valence-electron chi connectivity index (χ1n) is 13.7. The van der Waals surface area contributed by atoms with Crippen LogP contribution in [-0.4, -0.2) is 27.3 Å². The number of thiophene rings is 1. The average molecular weight is 558 g/mol. The van der Waals surface area contributed by atoms with E-state index in [1.807, 2.05) is 53.4 Å². The topological polar surface area (TPSA) is 66.1 Å². The highest BCUT2D eigenvalue weighted by molar-refractivity contribution is 7.10. The molecule has 4 aromatic rings. The quantitative estimate of drug-likeness (QED) is 0.281. The summed E-state index contributed by atoms with van der Waals surface area (Å²) < 4.78 is 0. The Balaban J connectivity index is 1.21. The Hall–Kier alpha value is -3.22. The molecular formula is C32H32ClN3O2S. The summed E-state index contributed by atoms with van der Waals surface area (Å²) >= 11 is 7.95. The summed E-state index contributed by atoms with van der Waals surface area (Å²) in [6, 6.07) is 18.0. The Bertz CT molecular complexity index is 1600. The standard InChI is InChI=1S/C32H32ClN3O2S/c1-20(2)24-17-28(39-19-24)32(11-12-32)31-34-27-10-5-13-36(18-26(27)30(38)35-31)29(37)15-21-6-3-7-22(14-21)23-8-4-9-25(33)16-23/h3-4,6-9,14,16-17,19-20H,5,10-13,15,18H2,1-2H3,(H,34,35,38). The predicted molar refractivity (Wildman–Crippen MR) is 158 cm³/mol. The molecule has 0 unspecified atom stereocenters. The second-order valence-electron chi connectivity index (χ2n) is 11.1. The van der Waals surface area contributed by atoms with E-state index >= 15 is 0 Å². The number of amides is 1. The van der Waals surface area contributed by atoms with Gasteiger partial charge in [-0.15, -0.1) is 11.3 Å². The van der Waals surface area contributed by atoms with E-state index in [9.17, 15) is 9.59 Å². The van der Waals surface area contributed by atoms with E-state index in [2.05, 4.69) is 30.3 Å². The summed E-state index contributed by atoms with van der Waals surface area (Å²) in [7, 11) is 0. The fourth-order valence-corrected chi connectivity index (χ4v) is 7.03. The van der Waals surface area contributed by atoms with Gasteiger partial charge in [-0.25, -0.2) is 4.98 Å². The fourth-order valence-electron chi connectivity index (χ4n) is 5.51. The van der Waals surface area contributed by atoms with E-state index in [-0.39, 0.29) is 23.3 Å². The second kappa shape index (κ2) is 10.4. The number of carbonyl (C=O) groups excluding carboxylic acids is 1. The highest BCUT2D eigenvalue weighted by Crippen LogP contribution is 2.54. The second-order valence-corrected chi connectivity index (χ2v) is 12.5. The van der Waals surface area contributed by atoms with Crippen LogP contribution in [0.1, 0.15) is 72.1 Å². The van der Waals surface area contributed by atoms with Crippen LogP contribution in [0.5, 0.6) is 0 Å². The van der Waals surface area contributed by atoms with Crippen molar-refractivity contribution >= 4 is 28.8 Å². The van der Waals surface area contributed by atoms with Crippen LogP contribution in [0.4, 0.5) is 0 Å². The van der Waals surface area contributed by atoms with E-state index < -0.39 is 0 Å². The van der Waals surface area contributed by atoms with Crippen molar-refractivity contribution in [2.45, 2.75) is 63.8 Å². The lowest BCUT2D eigenvalue weighted by molar-refractivity contribution is -0.131. The van der Waals surface area contributed by atoms with Crippen LogP contribution in [0, 0.1) is 0 Å². The Morgan fingerprint density at radius 2 is 1.90 bits per heavy atom. The van der Waals surface area contributed by atoms with E-state index in [1.54, 1.807) is 11.3 Å². The molecule has 6 rings (SSSR count). The number of aromatic nitrogens is 2. The Morgan fingerprint density at radius 1 is 1.13 bits per heavy atom. The van der Waals surface area contributed by atoms with Gasteiger partial charge < -0.3 is 9.88 Å². The molecule has 3 heterocycles. The molecule has 0 radical (unpaired) electrons. The molecule has 5 nitrogen and oxygen atoms in total. The third-order valence-corrected chi connectivity index (χ3v) is 9.43. The number of halogens is 1. The van der Waals surface area contributed by atoms with Gasteiger partial charge in [0.05, 0.1) is 29.6 Å². The van der Waals surface area contributed by atoms with Gasteiger partial charge in [-0.1, -0.05) is 61.8 Å². The minimum Gasteiger partial charge on any atom is -0.338 e. The first kappa shape index (κ1) is 26.0. The number of rotatable bonds is 6. The normalized spacial score (nSPS) is 16.2. The van der Waals surface area contributed by atoms with Gasteiger partial charge in [0.2, 0.25) is 5.91 Å². The van der Waals surface area contributed by atoms with Gasteiger partial charge >= 0.3 is 0 Å². The van der Waals surface area contributed by atoms with Gasteiger partial charge in [-0.3, -0.25) is 9.59 Å². The number of aromatic amines is 1. The van der Waals surface area contributed by atoms with Crippen molar-refractivity contribution < 1.29 is 4.79 Å². The van der Waals surface area contributed by atoms with Crippen molar-refractivity contribution in [3.8, 4) is 11.1 Å². The van der Waals surface area contributed by atoms with Crippen LogP contribution in [0.15, 0.2) is 64.8 Å². The molecule has 0 bridgehead atoms. The summed E-state index contributed by atoms with van der Waals surface area (Å²) in [4.78, 5) is 38.0. The third-order valence-electron chi connectivity index (χ3n) is 8.05. The number of carbonyl (C=O) groups is 1. The van der Waals surface area contributed by atoms with Crippen LogP contribution in [-0.2, 0) is 29.6 Å². The summed E-state index contributed by atoms with van der Waals surface area (Å²) in [5, 5.41) is 2.91. The molecule has 39 heavy (non-hydrogen) atoms. The van der Waals surface area contributed by atoms with E-state index in [0.717, 1.165) is 47.5 Å². The Kier molecular flexibility index (Phi) is 6.94. The zero-order chi connectivity index (χ0) is 27.1. The number of fused-ring (bicyclic) bond motifs is 1. The number of nitrogens with zero attached hydrogens (tertiary/aromatic N) is 2. The third kappa shape index (κ3) is 5.20. The van der Waals surface area contributed by atoms with Crippen LogP contribution < -0.4 is 5.56 Å². The summed E-state index contributed by atoms with van der Waals surface area (Å²) in [5.74, 6) is 1.29. The first-order chi connectivity index (χ1) is 18.8. The van der Waals surface area contributed by atoms with E-state index in [0.29, 0.717) is 36.0 Å². The maximum atomic E-state index is 13.4. The van der Waals surface area contributed by atoms with Gasteiger partial charge in [0.1, 0.15) is 5.82 Å². The van der Waals surface area contributed by atoms with Crippen LogP contribution in [0.2, 0.25) is 5.02 Å². The molecule has 2 aromatic heterocycles. The smallest absolute Gasteiger partial charge is 0.256 e. The van der Waals surface area contributed by atoms with Crippen molar-refractivity contribution in [1.29, 1.82) is 0 Å². The van der Waals surface area contributed by atoms with Crippen molar-refractivity contribution in [2.24, 2.45) is 0 Å². The highest BCUT2D eigenvalue weighted by Gasteiger charge is 2.50. The van der Waals surface area contributed by atoms with Gasteiger partial charge in [-0.2, -0.15) is 0 Å². The molecule has 1 aliphatic carbocycles. The molecule has 1 saturated carbocycles. The monoisotopic (exact) mass is 557 g/mol. The van der Waals surface area contributed by atoms with E-state index in [4.69, 9.17) is 16.6 Å². The molecule has 200 valence electrons. The maximum Gasteiger partial charge on any atom is 0.256 e. The number of hydrogen-bond acceptors (Lipinski definition) is 4. The van der Waals surface area contributed by atoms with Crippen LogP contribution in [0.25, 0.3) is 11.1 Å². The number of H-pyrrole nitrogens is 1. The Labute approximate surface area is 237 Å². The van der Waals surface area contributed by atoms with Crippen molar-refractivity contribution in [3.05, 3.63) is 108 Å². The molecule has 1 amide bonds. The van der Waals surface area contributed by atoms with Crippen LogP contribution in [0.3, 0.4) is 0 Å². The lowest BCUT2D eigenvalue weighted by Crippen LogP contribution is -2.34. The highest BCUT2D eigenvalue weighted by atomic mass is 35.5. The molecule has 2 aromatic carbocycles. The summed E-state index contributed by atoms with van der Waals surface area (Å²) in [6.45, 7) is 5.33. The Morgan fingerprint density at radius 3 is 2.62 bits per heavy atom. The maximum absolute atomic E-state index is 13.4. The molecule has 1 N–H and O–H groups in total. The molecule has 7 heteroatoms. The van der Waals surface area contributed by atoms with Gasteiger partial charge in [0.25, 0.3) is 5.56 Å². The largest absolute Gasteiger partial charge is 0.338 e. The van der Waals surface area contributed by atoms with E-state index in [1.165, 1.54) is 10.4 Å². The van der Waals surface area contributed by atoms with Crippen molar-refractivity contribution in [1.82, 2.24) is 14.9 Å².